The molecule has 0 saturated heterocycles. The molecule has 0 saturated carbocycles. The van der Waals surface area contributed by atoms with Crippen molar-refractivity contribution < 1.29 is 19.4 Å². The van der Waals surface area contributed by atoms with E-state index in [-0.39, 0.29) is 23.6 Å². The number of aliphatic carboxylic acids is 1. The first-order valence-corrected chi connectivity index (χ1v) is 7.96. The van der Waals surface area contributed by atoms with E-state index in [1.165, 1.54) is 7.11 Å². The standard InChI is InChI=1S/C18H19ClN2O4/c1-18(11-25-2,10-16(22)23)21-17(24)13-9-12(6-7-14(13)19)15-5-3-4-8-20-15/h3-9H,10-11H2,1-2H3,(H,21,24)(H,22,23). The summed E-state index contributed by atoms with van der Waals surface area (Å²) in [5, 5.41) is 12.0. The molecule has 0 radical (unpaired) electrons. The van der Waals surface area contributed by atoms with Gasteiger partial charge in [0.2, 0.25) is 0 Å². The number of carbonyl (C=O) groups is 2. The zero-order valence-corrected chi connectivity index (χ0v) is 14.7. The molecular formula is C18H19ClN2O4. The smallest absolute Gasteiger partial charge is 0.305 e. The average molecular weight is 363 g/mol. The minimum Gasteiger partial charge on any atom is -0.481 e. The van der Waals surface area contributed by atoms with Gasteiger partial charge in [-0.15, -0.1) is 0 Å². The van der Waals surface area contributed by atoms with Crippen LogP contribution in [0.3, 0.4) is 0 Å². The van der Waals surface area contributed by atoms with E-state index in [1.54, 1.807) is 37.4 Å². The number of halogens is 1. The summed E-state index contributed by atoms with van der Waals surface area (Å²) in [6.45, 7) is 1.67. The number of nitrogens with one attached hydrogen (secondary N) is 1. The highest BCUT2D eigenvalue weighted by Crippen LogP contribution is 2.24. The summed E-state index contributed by atoms with van der Waals surface area (Å²) >= 11 is 6.16. The van der Waals surface area contributed by atoms with E-state index in [0.29, 0.717) is 5.69 Å². The lowest BCUT2D eigenvalue weighted by molar-refractivity contribution is -0.139. The largest absolute Gasteiger partial charge is 0.481 e. The molecule has 0 fully saturated rings. The van der Waals surface area contributed by atoms with Gasteiger partial charge in [-0.05, 0) is 31.2 Å². The number of nitrogens with zero attached hydrogens (tertiary/aromatic N) is 1. The molecule has 2 aromatic rings. The van der Waals surface area contributed by atoms with Crippen LogP contribution in [0.1, 0.15) is 23.7 Å². The van der Waals surface area contributed by atoms with E-state index < -0.39 is 17.4 Å². The van der Waals surface area contributed by atoms with Gasteiger partial charge in [0, 0.05) is 18.9 Å². The molecule has 1 aromatic heterocycles. The number of amides is 1. The Labute approximate surface area is 150 Å². The van der Waals surface area contributed by atoms with Crippen molar-refractivity contribution in [3.8, 4) is 11.3 Å². The third kappa shape index (κ3) is 5.01. The third-order valence-corrected chi connectivity index (χ3v) is 3.92. The van der Waals surface area contributed by atoms with Gasteiger partial charge in [0.15, 0.2) is 0 Å². The van der Waals surface area contributed by atoms with Gasteiger partial charge in [0.05, 0.1) is 34.8 Å². The second-order valence-electron chi connectivity index (χ2n) is 5.93. The maximum absolute atomic E-state index is 12.7. The van der Waals surface area contributed by atoms with Crippen molar-refractivity contribution in [2.75, 3.05) is 13.7 Å². The van der Waals surface area contributed by atoms with Crippen molar-refractivity contribution in [3.63, 3.8) is 0 Å². The number of hydrogen-bond donors (Lipinski definition) is 2. The predicted molar refractivity (Wildman–Crippen MR) is 94.7 cm³/mol. The predicted octanol–water partition coefficient (Wildman–Crippen LogP) is 3.01. The van der Waals surface area contributed by atoms with E-state index in [9.17, 15) is 9.59 Å². The first kappa shape index (κ1) is 18.9. The monoisotopic (exact) mass is 362 g/mol. The minimum absolute atomic E-state index is 0.0581. The van der Waals surface area contributed by atoms with Crippen molar-refractivity contribution >= 4 is 23.5 Å². The highest BCUT2D eigenvalue weighted by molar-refractivity contribution is 6.34. The van der Waals surface area contributed by atoms with Crippen LogP contribution < -0.4 is 5.32 Å². The molecule has 1 amide bonds. The van der Waals surface area contributed by atoms with Gasteiger partial charge in [-0.25, -0.2) is 0 Å². The number of carboxylic acid groups (broad SMARTS) is 1. The molecule has 0 spiro atoms. The lowest BCUT2D eigenvalue weighted by atomic mass is 9.97. The van der Waals surface area contributed by atoms with E-state index in [4.69, 9.17) is 21.4 Å². The van der Waals surface area contributed by atoms with E-state index in [0.717, 1.165) is 5.56 Å². The first-order valence-electron chi connectivity index (χ1n) is 7.59. The van der Waals surface area contributed by atoms with E-state index in [2.05, 4.69) is 10.3 Å². The Hall–Kier alpha value is -2.44. The highest BCUT2D eigenvalue weighted by Gasteiger charge is 2.30. The summed E-state index contributed by atoms with van der Waals surface area (Å²) in [6.07, 6.45) is 1.39. The Morgan fingerprint density at radius 2 is 2.08 bits per heavy atom. The molecule has 2 rings (SSSR count). The Balaban J connectivity index is 2.30. The van der Waals surface area contributed by atoms with Gasteiger partial charge >= 0.3 is 5.97 Å². The van der Waals surface area contributed by atoms with Crippen molar-refractivity contribution in [3.05, 3.63) is 53.2 Å². The number of hydrogen-bond acceptors (Lipinski definition) is 4. The van der Waals surface area contributed by atoms with Crippen LogP contribution in [0, 0.1) is 0 Å². The van der Waals surface area contributed by atoms with Gasteiger partial charge < -0.3 is 15.2 Å². The molecule has 0 aliphatic heterocycles. The number of ether oxygens (including phenoxy) is 1. The van der Waals surface area contributed by atoms with Crippen molar-refractivity contribution in [1.29, 1.82) is 0 Å². The maximum atomic E-state index is 12.7. The highest BCUT2D eigenvalue weighted by atomic mass is 35.5. The second-order valence-corrected chi connectivity index (χ2v) is 6.34. The summed E-state index contributed by atoms with van der Waals surface area (Å²) in [4.78, 5) is 28.0. The third-order valence-electron chi connectivity index (χ3n) is 3.59. The molecule has 7 heteroatoms. The van der Waals surface area contributed by atoms with Crippen LogP contribution in [0.2, 0.25) is 5.02 Å². The number of methoxy groups -OCH3 is 1. The zero-order chi connectivity index (χ0) is 18.4. The van der Waals surface area contributed by atoms with Gasteiger partial charge in [0.1, 0.15) is 0 Å². The number of carboxylic acids is 1. The van der Waals surface area contributed by atoms with Crippen LogP contribution in [-0.2, 0) is 9.53 Å². The molecule has 0 aliphatic carbocycles. The summed E-state index contributed by atoms with van der Waals surface area (Å²) in [7, 11) is 1.45. The molecule has 132 valence electrons. The van der Waals surface area contributed by atoms with Crippen LogP contribution in [0.5, 0.6) is 0 Å². The summed E-state index contributed by atoms with van der Waals surface area (Å²) in [5.41, 5.74) is 0.639. The Bertz CT molecular complexity index is 767. The summed E-state index contributed by atoms with van der Waals surface area (Å²) in [5.74, 6) is -1.50. The average Bonchev–Trinajstić information content (AvgIpc) is 2.55. The zero-order valence-electron chi connectivity index (χ0n) is 14.0. The van der Waals surface area contributed by atoms with Crippen molar-refractivity contribution in [2.45, 2.75) is 18.9 Å². The van der Waals surface area contributed by atoms with Crippen molar-refractivity contribution in [1.82, 2.24) is 10.3 Å². The lowest BCUT2D eigenvalue weighted by Crippen LogP contribution is -2.50. The molecule has 2 N–H and O–H groups in total. The van der Waals surface area contributed by atoms with Crippen LogP contribution >= 0.6 is 11.6 Å². The van der Waals surface area contributed by atoms with Crippen LogP contribution in [0.4, 0.5) is 0 Å². The van der Waals surface area contributed by atoms with Crippen LogP contribution in [-0.4, -0.2) is 41.2 Å². The molecule has 6 nitrogen and oxygen atoms in total. The topological polar surface area (TPSA) is 88.5 Å². The number of aromatic nitrogens is 1. The molecule has 0 aliphatic rings. The minimum atomic E-state index is -1.05. The Morgan fingerprint density at radius 1 is 1.32 bits per heavy atom. The van der Waals surface area contributed by atoms with Crippen molar-refractivity contribution in [2.24, 2.45) is 0 Å². The number of pyridine rings is 1. The SMILES string of the molecule is COCC(C)(CC(=O)O)NC(=O)c1cc(-c2ccccn2)ccc1Cl. The number of benzene rings is 1. The molecule has 1 aromatic carbocycles. The molecule has 0 bridgehead atoms. The fraction of sp³-hybridized carbons (Fsp3) is 0.278. The normalized spacial score (nSPS) is 13.1. The number of rotatable bonds is 7. The quantitative estimate of drug-likeness (QED) is 0.790. The Morgan fingerprint density at radius 3 is 2.68 bits per heavy atom. The fourth-order valence-electron chi connectivity index (χ4n) is 2.52. The fourth-order valence-corrected chi connectivity index (χ4v) is 2.72. The Kier molecular flexibility index (Phi) is 6.12. The van der Waals surface area contributed by atoms with E-state index in [1.807, 2.05) is 12.1 Å². The summed E-state index contributed by atoms with van der Waals surface area (Å²) in [6, 6.07) is 10.5. The maximum Gasteiger partial charge on any atom is 0.305 e. The molecule has 1 heterocycles. The molecule has 25 heavy (non-hydrogen) atoms. The lowest BCUT2D eigenvalue weighted by Gasteiger charge is -2.28. The van der Waals surface area contributed by atoms with Crippen LogP contribution in [0.25, 0.3) is 11.3 Å². The summed E-state index contributed by atoms with van der Waals surface area (Å²) < 4.78 is 5.05. The number of carbonyl (C=O) groups excluding carboxylic acids is 1. The van der Waals surface area contributed by atoms with Gasteiger partial charge in [-0.1, -0.05) is 23.7 Å². The van der Waals surface area contributed by atoms with Crippen LogP contribution in [0.15, 0.2) is 42.6 Å². The van der Waals surface area contributed by atoms with E-state index >= 15 is 0 Å². The van der Waals surface area contributed by atoms with Gasteiger partial charge in [-0.2, -0.15) is 0 Å². The molecule has 1 unspecified atom stereocenters. The second kappa shape index (κ2) is 8.09. The van der Waals surface area contributed by atoms with Gasteiger partial charge in [-0.3, -0.25) is 14.6 Å². The molecule has 1 atom stereocenters. The van der Waals surface area contributed by atoms with Gasteiger partial charge in [0.25, 0.3) is 5.91 Å². The molecular weight excluding hydrogens is 344 g/mol. The first-order chi connectivity index (χ1) is 11.8.